The van der Waals surface area contributed by atoms with Gasteiger partial charge in [-0.3, -0.25) is 9.59 Å². The number of primary amides is 1. The lowest BCUT2D eigenvalue weighted by Crippen LogP contribution is -2.38. The molecule has 0 unspecified atom stereocenters. The molecule has 3 N–H and O–H groups in total. The molecule has 7 nitrogen and oxygen atoms in total. The molecule has 0 bridgehead atoms. The molecule has 8 heteroatoms. The summed E-state index contributed by atoms with van der Waals surface area (Å²) >= 11 is 5.93. The van der Waals surface area contributed by atoms with Crippen molar-refractivity contribution in [1.29, 1.82) is 5.26 Å². The summed E-state index contributed by atoms with van der Waals surface area (Å²) in [5.74, 6) is -0.0662. The van der Waals surface area contributed by atoms with Crippen LogP contribution in [0.4, 0.5) is 11.5 Å². The van der Waals surface area contributed by atoms with Crippen LogP contribution in [0.5, 0.6) is 0 Å². The molecule has 2 aromatic rings. The molecule has 1 aliphatic heterocycles. The maximum absolute atomic E-state index is 12.5. The van der Waals surface area contributed by atoms with Crippen molar-refractivity contribution in [3.8, 4) is 6.07 Å². The van der Waals surface area contributed by atoms with E-state index in [1.807, 2.05) is 12.1 Å². The van der Waals surface area contributed by atoms with Gasteiger partial charge in [-0.05, 0) is 43.2 Å². The zero-order valence-electron chi connectivity index (χ0n) is 14.5. The number of amides is 2. The molecule has 1 aromatic carbocycles. The van der Waals surface area contributed by atoms with E-state index in [4.69, 9.17) is 22.6 Å². The number of carbonyl (C=O) groups is 2. The van der Waals surface area contributed by atoms with Crippen LogP contribution in [0.25, 0.3) is 0 Å². The summed E-state index contributed by atoms with van der Waals surface area (Å²) in [5, 5.41) is 11.9. The first-order valence-corrected chi connectivity index (χ1v) is 8.87. The Bertz CT molecular complexity index is 899. The van der Waals surface area contributed by atoms with Crippen molar-refractivity contribution in [3.05, 3.63) is 52.7 Å². The highest BCUT2D eigenvalue weighted by atomic mass is 35.5. The van der Waals surface area contributed by atoms with Crippen LogP contribution in [-0.2, 0) is 4.79 Å². The summed E-state index contributed by atoms with van der Waals surface area (Å²) in [7, 11) is 0. The second-order valence-corrected chi connectivity index (χ2v) is 6.73. The van der Waals surface area contributed by atoms with Crippen molar-refractivity contribution in [2.24, 2.45) is 11.7 Å². The molecule has 2 heterocycles. The van der Waals surface area contributed by atoms with Gasteiger partial charge in [0.1, 0.15) is 11.9 Å². The number of rotatable bonds is 4. The first-order valence-electron chi connectivity index (χ1n) is 8.49. The number of piperidine rings is 1. The number of anilines is 2. The summed E-state index contributed by atoms with van der Waals surface area (Å²) in [6, 6.07) is 10.3. The summed E-state index contributed by atoms with van der Waals surface area (Å²) in [5.41, 5.74) is 6.47. The van der Waals surface area contributed by atoms with E-state index < -0.39 is 5.91 Å². The van der Waals surface area contributed by atoms with Crippen LogP contribution in [0.15, 0.2) is 36.5 Å². The third-order valence-corrected chi connectivity index (χ3v) is 4.90. The average molecular weight is 384 g/mol. The van der Waals surface area contributed by atoms with Gasteiger partial charge in [0.05, 0.1) is 16.1 Å². The molecule has 0 aliphatic carbocycles. The topological polar surface area (TPSA) is 112 Å². The highest BCUT2D eigenvalue weighted by molar-refractivity contribution is 6.34. The normalized spacial score (nSPS) is 14.4. The van der Waals surface area contributed by atoms with Crippen molar-refractivity contribution < 1.29 is 9.59 Å². The van der Waals surface area contributed by atoms with Crippen LogP contribution >= 0.6 is 11.6 Å². The van der Waals surface area contributed by atoms with Gasteiger partial charge >= 0.3 is 0 Å². The highest BCUT2D eigenvalue weighted by Crippen LogP contribution is 2.25. The van der Waals surface area contributed by atoms with E-state index in [1.165, 1.54) is 12.1 Å². The quantitative estimate of drug-likeness (QED) is 0.842. The minimum absolute atomic E-state index is 0.0971. The maximum atomic E-state index is 12.5. The van der Waals surface area contributed by atoms with Crippen LogP contribution in [0, 0.1) is 17.2 Å². The van der Waals surface area contributed by atoms with Gasteiger partial charge < -0.3 is 16.0 Å². The molecule has 3 rings (SSSR count). The van der Waals surface area contributed by atoms with Gasteiger partial charge in [-0.25, -0.2) is 4.98 Å². The zero-order valence-corrected chi connectivity index (χ0v) is 15.2. The molecule has 1 fully saturated rings. The molecule has 0 radical (unpaired) electrons. The van der Waals surface area contributed by atoms with E-state index in [0.29, 0.717) is 37.2 Å². The monoisotopic (exact) mass is 383 g/mol. The first-order chi connectivity index (χ1) is 13.0. The number of nitrogens with one attached hydrogen (secondary N) is 1. The van der Waals surface area contributed by atoms with Crippen LogP contribution in [0.1, 0.15) is 28.8 Å². The second kappa shape index (κ2) is 8.06. The van der Waals surface area contributed by atoms with Crippen molar-refractivity contribution in [2.75, 3.05) is 23.3 Å². The second-order valence-electron chi connectivity index (χ2n) is 6.33. The van der Waals surface area contributed by atoms with Gasteiger partial charge in [-0.15, -0.1) is 0 Å². The van der Waals surface area contributed by atoms with Gasteiger partial charge in [0.2, 0.25) is 11.8 Å². The summed E-state index contributed by atoms with van der Waals surface area (Å²) in [4.78, 5) is 30.3. The fourth-order valence-corrected chi connectivity index (χ4v) is 3.26. The van der Waals surface area contributed by atoms with Crippen LogP contribution in [0.2, 0.25) is 5.02 Å². The molecule has 1 aliphatic rings. The standard InChI is InChI=1S/C19H18ClN5O2/c20-16-3-2-14(9-15(16)18(22)26)24-19(27)13-5-7-25(8-6-13)17-4-1-12(10-21)11-23-17/h1-4,9,11,13H,5-8H2,(H2,22,26)(H,24,27). The Morgan fingerprint density at radius 1 is 1.26 bits per heavy atom. The van der Waals surface area contributed by atoms with E-state index in [-0.39, 0.29) is 22.4 Å². The largest absolute Gasteiger partial charge is 0.366 e. The van der Waals surface area contributed by atoms with Crippen LogP contribution in [-0.4, -0.2) is 29.9 Å². The van der Waals surface area contributed by atoms with Crippen molar-refractivity contribution in [2.45, 2.75) is 12.8 Å². The van der Waals surface area contributed by atoms with Gasteiger partial charge in [-0.2, -0.15) is 5.26 Å². The lowest BCUT2D eigenvalue weighted by Gasteiger charge is -2.32. The first kappa shape index (κ1) is 18.7. The Hall–Kier alpha value is -3.11. The molecule has 2 amide bonds. The average Bonchev–Trinajstić information content (AvgIpc) is 2.69. The fraction of sp³-hybridized carbons (Fsp3) is 0.263. The van der Waals surface area contributed by atoms with E-state index in [1.54, 1.807) is 18.3 Å². The third-order valence-electron chi connectivity index (χ3n) is 4.57. The van der Waals surface area contributed by atoms with Crippen molar-refractivity contribution in [1.82, 2.24) is 4.98 Å². The molecule has 27 heavy (non-hydrogen) atoms. The Kier molecular flexibility index (Phi) is 5.57. The predicted molar refractivity (Wildman–Crippen MR) is 102 cm³/mol. The van der Waals surface area contributed by atoms with Crippen LogP contribution in [0.3, 0.4) is 0 Å². The van der Waals surface area contributed by atoms with E-state index in [9.17, 15) is 9.59 Å². The Balaban J connectivity index is 1.59. The minimum Gasteiger partial charge on any atom is -0.366 e. The summed E-state index contributed by atoms with van der Waals surface area (Å²) in [6.07, 6.45) is 2.92. The molecule has 0 spiro atoms. The Morgan fingerprint density at radius 2 is 2.00 bits per heavy atom. The number of pyridine rings is 1. The smallest absolute Gasteiger partial charge is 0.250 e. The number of carbonyl (C=O) groups excluding carboxylic acids is 2. The molecular formula is C19H18ClN5O2. The summed E-state index contributed by atoms with van der Waals surface area (Å²) in [6.45, 7) is 1.40. The zero-order chi connectivity index (χ0) is 19.4. The number of nitrogens with zero attached hydrogens (tertiary/aromatic N) is 3. The Morgan fingerprint density at radius 3 is 2.59 bits per heavy atom. The minimum atomic E-state index is -0.640. The number of aromatic nitrogens is 1. The molecule has 1 saturated heterocycles. The SMILES string of the molecule is N#Cc1ccc(N2CCC(C(=O)Nc3ccc(Cl)c(C(N)=O)c3)CC2)nc1. The van der Waals surface area contributed by atoms with E-state index in [0.717, 1.165) is 5.82 Å². The Labute approximate surface area is 161 Å². The molecule has 138 valence electrons. The van der Waals surface area contributed by atoms with Crippen LogP contribution < -0.4 is 16.0 Å². The number of nitriles is 1. The fourth-order valence-electron chi connectivity index (χ4n) is 3.05. The lowest BCUT2D eigenvalue weighted by atomic mass is 9.95. The number of hydrogen-bond donors (Lipinski definition) is 2. The molecule has 0 atom stereocenters. The van der Waals surface area contributed by atoms with Gasteiger partial charge in [0, 0.05) is 30.9 Å². The van der Waals surface area contributed by atoms with E-state index in [2.05, 4.69) is 15.2 Å². The number of halogens is 1. The predicted octanol–water partition coefficient (Wildman–Crippen LogP) is 2.56. The molecule has 0 saturated carbocycles. The van der Waals surface area contributed by atoms with Gasteiger partial charge in [0.25, 0.3) is 0 Å². The van der Waals surface area contributed by atoms with Gasteiger partial charge in [-0.1, -0.05) is 11.6 Å². The van der Waals surface area contributed by atoms with Crippen molar-refractivity contribution in [3.63, 3.8) is 0 Å². The van der Waals surface area contributed by atoms with Gasteiger partial charge in [0.15, 0.2) is 0 Å². The van der Waals surface area contributed by atoms with E-state index >= 15 is 0 Å². The number of hydrogen-bond acceptors (Lipinski definition) is 5. The maximum Gasteiger partial charge on any atom is 0.250 e. The summed E-state index contributed by atoms with van der Waals surface area (Å²) < 4.78 is 0. The molecular weight excluding hydrogens is 366 g/mol. The lowest BCUT2D eigenvalue weighted by molar-refractivity contribution is -0.120. The number of benzene rings is 1. The number of nitrogens with two attached hydrogens (primary N) is 1. The molecule has 1 aromatic heterocycles. The van der Waals surface area contributed by atoms with Crippen molar-refractivity contribution >= 4 is 34.9 Å². The highest BCUT2D eigenvalue weighted by Gasteiger charge is 2.26. The third kappa shape index (κ3) is 4.36.